The number of halogens is 2. The molecule has 2 aromatic carbocycles. The summed E-state index contributed by atoms with van der Waals surface area (Å²) >= 11 is 0. The highest BCUT2D eigenvalue weighted by atomic mass is 19.1. The van der Waals surface area contributed by atoms with E-state index >= 15 is 0 Å². The van der Waals surface area contributed by atoms with Crippen LogP contribution in [0.2, 0.25) is 0 Å². The average Bonchev–Trinajstić information content (AvgIpc) is 3.50. The van der Waals surface area contributed by atoms with Gasteiger partial charge in [0.1, 0.15) is 23.0 Å². The molecule has 3 aliphatic heterocycles. The second kappa shape index (κ2) is 10.7. The third-order valence-electron chi connectivity index (χ3n) is 7.48. The monoisotopic (exact) mass is 534 g/mol. The summed E-state index contributed by atoms with van der Waals surface area (Å²) in [4.78, 5) is 38.4. The van der Waals surface area contributed by atoms with Crippen molar-refractivity contribution in [3.63, 3.8) is 0 Å². The zero-order valence-corrected chi connectivity index (χ0v) is 21.3. The average molecular weight is 535 g/mol. The van der Waals surface area contributed by atoms with Crippen LogP contribution in [0.15, 0.2) is 42.5 Å². The number of anilines is 2. The van der Waals surface area contributed by atoms with E-state index in [-0.39, 0.29) is 47.0 Å². The zero-order valence-electron chi connectivity index (χ0n) is 21.3. The highest BCUT2D eigenvalue weighted by molar-refractivity contribution is 6.03. The van der Waals surface area contributed by atoms with Crippen LogP contribution >= 0.6 is 0 Å². The number of morpholine rings is 1. The first kappa shape index (κ1) is 25.3. The number of nitrogens with one attached hydrogen (secondary N) is 2. The molecule has 9 nitrogen and oxygen atoms in total. The molecule has 2 N–H and O–H groups in total. The van der Waals surface area contributed by atoms with E-state index in [9.17, 15) is 18.4 Å². The van der Waals surface area contributed by atoms with Crippen LogP contribution < -0.4 is 10.6 Å². The molecule has 3 aromatic rings. The first-order valence-electron chi connectivity index (χ1n) is 13.1. The van der Waals surface area contributed by atoms with Crippen molar-refractivity contribution in [2.45, 2.75) is 18.9 Å². The largest absolute Gasteiger partial charge is 0.379 e. The number of carbonyl (C=O) groups excluding carboxylic acids is 2. The number of nitrogens with zero attached hydrogens (tertiary/aromatic N) is 4. The van der Waals surface area contributed by atoms with E-state index in [0.717, 1.165) is 63.5 Å². The van der Waals surface area contributed by atoms with Crippen LogP contribution in [0.4, 0.5) is 20.3 Å². The molecule has 2 amide bonds. The highest BCUT2D eigenvalue weighted by Crippen LogP contribution is 2.32. The molecule has 3 aliphatic rings. The van der Waals surface area contributed by atoms with Crippen LogP contribution in [-0.4, -0.2) is 77.5 Å². The Morgan fingerprint density at radius 2 is 1.69 bits per heavy atom. The zero-order chi connectivity index (χ0) is 26.9. The predicted octanol–water partition coefficient (Wildman–Crippen LogP) is 3.06. The molecule has 0 saturated carbocycles. The standard InChI is InChI=1S/C28H28F2N6O3/c29-20-2-1-3-21(30)23(20)25-33-22-16-31-27(37)24(22)26(34-25)32-18-6-4-17(5-7-18)19-8-9-36(28(19)38)11-10-35-12-14-39-15-13-35/h1-7,19H,8-16H2,(H,31,37)(H,32,33,34)/t19-/m0/s1. The van der Waals surface area contributed by atoms with E-state index in [1.54, 1.807) is 0 Å². The first-order valence-corrected chi connectivity index (χ1v) is 13.1. The Kier molecular flexibility index (Phi) is 6.92. The SMILES string of the molecule is O=C1NCc2nc(-c3c(F)cccc3F)nc(Nc3ccc([C@@H]4CCN(CCN5CCOCC5)C4=O)cc3)c21. The number of amides is 2. The topological polar surface area (TPSA) is 99.7 Å². The Hall–Kier alpha value is -3.96. The Morgan fingerprint density at radius 3 is 2.44 bits per heavy atom. The van der Waals surface area contributed by atoms with Crippen LogP contribution in [0.5, 0.6) is 0 Å². The molecule has 0 unspecified atom stereocenters. The van der Waals surface area contributed by atoms with Gasteiger partial charge in [-0.25, -0.2) is 18.7 Å². The van der Waals surface area contributed by atoms with Crippen molar-refractivity contribution in [2.24, 2.45) is 0 Å². The third-order valence-corrected chi connectivity index (χ3v) is 7.48. The molecule has 202 valence electrons. The van der Waals surface area contributed by atoms with Gasteiger partial charge in [0.15, 0.2) is 5.82 Å². The fourth-order valence-electron chi connectivity index (χ4n) is 5.33. The first-order chi connectivity index (χ1) is 19.0. The van der Waals surface area contributed by atoms with Crippen molar-refractivity contribution >= 4 is 23.3 Å². The molecular formula is C28H28F2N6O3. The van der Waals surface area contributed by atoms with Gasteiger partial charge in [-0.1, -0.05) is 18.2 Å². The van der Waals surface area contributed by atoms with Crippen LogP contribution in [0, 0.1) is 11.6 Å². The van der Waals surface area contributed by atoms with Gasteiger partial charge in [-0.15, -0.1) is 0 Å². The molecule has 0 spiro atoms. The summed E-state index contributed by atoms with van der Waals surface area (Å²) < 4.78 is 34.3. The lowest BCUT2D eigenvalue weighted by molar-refractivity contribution is -0.129. The van der Waals surface area contributed by atoms with Crippen LogP contribution in [0.25, 0.3) is 11.4 Å². The third kappa shape index (κ3) is 5.07. The van der Waals surface area contributed by atoms with Crippen molar-refractivity contribution < 1.29 is 23.1 Å². The van der Waals surface area contributed by atoms with E-state index in [4.69, 9.17) is 4.74 Å². The van der Waals surface area contributed by atoms with Gasteiger partial charge in [0.2, 0.25) is 5.91 Å². The fraction of sp³-hybridized carbons (Fsp3) is 0.357. The van der Waals surface area contributed by atoms with E-state index in [1.807, 2.05) is 29.2 Å². The summed E-state index contributed by atoms with van der Waals surface area (Å²) in [5.41, 5.74) is 1.78. The minimum absolute atomic E-state index is 0.130. The number of hydrogen-bond acceptors (Lipinski definition) is 7. The van der Waals surface area contributed by atoms with Gasteiger partial charge in [0, 0.05) is 38.4 Å². The van der Waals surface area contributed by atoms with Crippen LogP contribution in [0.1, 0.15) is 34.0 Å². The van der Waals surface area contributed by atoms with E-state index in [1.165, 1.54) is 6.07 Å². The summed E-state index contributed by atoms with van der Waals surface area (Å²) in [5, 5.41) is 5.80. The van der Waals surface area contributed by atoms with Crippen molar-refractivity contribution in [3.05, 3.63) is 70.9 Å². The van der Waals surface area contributed by atoms with E-state index in [2.05, 4.69) is 25.5 Å². The number of rotatable bonds is 7. The fourth-order valence-corrected chi connectivity index (χ4v) is 5.33. The minimum atomic E-state index is -0.789. The van der Waals surface area contributed by atoms with Gasteiger partial charge >= 0.3 is 0 Å². The summed E-state index contributed by atoms with van der Waals surface area (Å²) in [7, 11) is 0. The molecule has 0 aliphatic carbocycles. The molecule has 6 rings (SSSR count). The van der Waals surface area contributed by atoms with Crippen molar-refractivity contribution in [2.75, 3.05) is 51.3 Å². The maximum atomic E-state index is 14.5. The highest BCUT2D eigenvalue weighted by Gasteiger charge is 2.33. The Bertz CT molecular complexity index is 1390. The van der Waals surface area contributed by atoms with Gasteiger partial charge in [0.25, 0.3) is 5.91 Å². The molecule has 0 bridgehead atoms. The summed E-state index contributed by atoms with van der Waals surface area (Å²) in [6, 6.07) is 10.9. The van der Waals surface area contributed by atoms with Crippen LogP contribution in [0.3, 0.4) is 0 Å². The number of hydrogen-bond donors (Lipinski definition) is 2. The normalized spacial score (nSPS) is 19.3. The molecule has 11 heteroatoms. The molecule has 2 fully saturated rings. The van der Waals surface area contributed by atoms with Gasteiger partial charge in [-0.05, 0) is 36.2 Å². The number of ether oxygens (including phenoxy) is 1. The number of carbonyl (C=O) groups is 2. The maximum absolute atomic E-state index is 14.5. The molecule has 1 atom stereocenters. The van der Waals surface area contributed by atoms with Crippen molar-refractivity contribution in [1.29, 1.82) is 0 Å². The van der Waals surface area contributed by atoms with Gasteiger partial charge in [0.05, 0.1) is 36.9 Å². The maximum Gasteiger partial charge on any atom is 0.257 e. The molecule has 0 radical (unpaired) electrons. The number of fused-ring (bicyclic) bond motifs is 1. The summed E-state index contributed by atoms with van der Waals surface area (Å²) in [6.07, 6.45) is 0.756. The van der Waals surface area contributed by atoms with Crippen molar-refractivity contribution in [1.82, 2.24) is 25.1 Å². The lowest BCUT2D eigenvalue weighted by atomic mass is 9.97. The predicted molar refractivity (Wildman–Crippen MR) is 139 cm³/mol. The van der Waals surface area contributed by atoms with E-state index < -0.39 is 11.6 Å². The Labute approximate surface area is 224 Å². The molecular weight excluding hydrogens is 506 g/mol. The Morgan fingerprint density at radius 1 is 0.949 bits per heavy atom. The quantitative estimate of drug-likeness (QED) is 0.481. The van der Waals surface area contributed by atoms with Gasteiger partial charge in [-0.2, -0.15) is 0 Å². The minimum Gasteiger partial charge on any atom is -0.379 e. The number of aromatic nitrogens is 2. The van der Waals surface area contributed by atoms with Crippen molar-refractivity contribution in [3.8, 4) is 11.4 Å². The second-order valence-electron chi connectivity index (χ2n) is 9.86. The molecule has 39 heavy (non-hydrogen) atoms. The Balaban J connectivity index is 1.18. The smallest absolute Gasteiger partial charge is 0.257 e. The van der Waals surface area contributed by atoms with Gasteiger partial charge < -0.3 is 20.3 Å². The number of likely N-dealkylation sites (tertiary alicyclic amines) is 1. The van der Waals surface area contributed by atoms with Gasteiger partial charge in [-0.3, -0.25) is 14.5 Å². The molecule has 4 heterocycles. The second-order valence-corrected chi connectivity index (χ2v) is 9.86. The number of benzene rings is 2. The van der Waals surface area contributed by atoms with Crippen LogP contribution in [-0.2, 0) is 16.1 Å². The lowest BCUT2D eigenvalue weighted by Crippen LogP contribution is -2.42. The molecule has 1 aromatic heterocycles. The molecule has 2 saturated heterocycles. The lowest BCUT2D eigenvalue weighted by Gasteiger charge is -2.28. The summed E-state index contributed by atoms with van der Waals surface area (Å²) in [5.74, 6) is -2.00. The van der Waals surface area contributed by atoms with E-state index in [0.29, 0.717) is 17.9 Å². The summed E-state index contributed by atoms with van der Waals surface area (Å²) in [6.45, 7) is 5.69.